The highest BCUT2D eigenvalue weighted by Crippen LogP contribution is 2.47. The zero-order valence-corrected chi connectivity index (χ0v) is 32.2. The summed E-state index contributed by atoms with van der Waals surface area (Å²) in [4.78, 5) is 18.0. The zero-order valence-electron chi connectivity index (χ0n) is 32.2. The average Bonchev–Trinajstić information content (AvgIpc) is 3.57. The molecule has 0 bridgehead atoms. The van der Waals surface area contributed by atoms with Crippen molar-refractivity contribution in [3.8, 4) is 6.01 Å². The zero-order chi connectivity index (χ0) is 37.3. The topological polar surface area (TPSA) is 83.3 Å². The van der Waals surface area contributed by atoms with E-state index < -0.39 is 0 Å². The summed E-state index contributed by atoms with van der Waals surface area (Å²) in [6.45, 7) is 12.3. The maximum absolute atomic E-state index is 14.9. The van der Waals surface area contributed by atoms with Gasteiger partial charge in [0.2, 0.25) is 0 Å². The number of likely N-dealkylation sites (tertiary alicyclic amines) is 1. The van der Waals surface area contributed by atoms with Gasteiger partial charge in [-0.15, -0.1) is 0 Å². The first-order valence-electron chi connectivity index (χ1n) is 19.4. The minimum atomic E-state index is -0.378. The second kappa shape index (κ2) is 18.5. The number of halogens is 2. The first kappa shape index (κ1) is 39.7. The van der Waals surface area contributed by atoms with Crippen molar-refractivity contribution in [1.29, 1.82) is 0 Å². The fraction of sp³-hybridized carbons (Fsp3) is 0.595. The molecule has 1 aliphatic heterocycles. The number of aromatic nitrogens is 2. The fourth-order valence-electron chi connectivity index (χ4n) is 8.34. The van der Waals surface area contributed by atoms with Crippen LogP contribution >= 0.6 is 0 Å². The molecule has 2 saturated carbocycles. The Hall–Kier alpha value is -3.47. The van der Waals surface area contributed by atoms with E-state index in [9.17, 15) is 13.9 Å². The van der Waals surface area contributed by atoms with Crippen LogP contribution in [-0.2, 0) is 11.2 Å². The average molecular weight is 720 g/mol. The van der Waals surface area contributed by atoms with Crippen LogP contribution in [-0.4, -0.2) is 78.4 Å². The van der Waals surface area contributed by atoms with Crippen molar-refractivity contribution < 1.29 is 23.4 Å². The molecule has 8 nitrogen and oxygen atoms in total. The van der Waals surface area contributed by atoms with Crippen molar-refractivity contribution >= 4 is 34.8 Å². The second-order valence-corrected chi connectivity index (χ2v) is 14.8. The van der Waals surface area contributed by atoms with E-state index >= 15 is 0 Å². The molecule has 0 radical (unpaired) electrons. The van der Waals surface area contributed by atoms with Gasteiger partial charge in [-0.25, -0.2) is 8.78 Å². The molecule has 1 saturated heterocycles. The highest BCUT2D eigenvalue weighted by Gasteiger charge is 2.47. The molecule has 10 heteroatoms. The number of hydrogen-bond donors (Lipinski definition) is 1. The number of aryl methyl sites for hydroxylation is 2. The quantitative estimate of drug-likeness (QED) is 0.113. The van der Waals surface area contributed by atoms with Crippen LogP contribution in [0.3, 0.4) is 0 Å². The summed E-state index contributed by atoms with van der Waals surface area (Å²) in [5, 5.41) is 12.5. The van der Waals surface area contributed by atoms with Crippen LogP contribution in [0.2, 0.25) is 0 Å². The second-order valence-electron chi connectivity index (χ2n) is 14.8. The first-order chi connectivity index (χ1) is 25.2. The van der Waals surface area contributed by atoms with E-state index in [1.54, 1.807) is 11.0 Å². The molecule has 3 fully saturated rings. The Labute approximate surface area is 308 Å². The first-order valence-corrected chi connectivity index (χ1v) is 19.4. The largest absolute Gasteiger partial charge is 0.463 e. The van der Waals surface area contributed by atoms with Crippen LogP contribution in [0.1, 0.15) is 102 Å². The molecule has 1 aromatic heterocycles. The number of aliphatic hydroxyl groups excluding tert-OH is 1. The summed E-state index contributed by atoms with van der Waals surface area (Å²) in [6, 6.07) is 7.82. The number of fused-ring (bicyclic) bond motifs is 2. The third-order valence-corrected chi connectivity index (χ3v) is 11.5. The molecule has 2 unspecified atom stereocenters. The lowest BCUT2D eigenvalue weighted by Gasteiger charge is -2.44. The molecule has 52 heavy (non-hydrogen) atoms. The van der Waals surface area contributed by atoms with Crippen molar-refractivity contribution in [2.75, 3.05) is 51.6 Å². The van der Waals surface area contributed by atoms with Gasteiger partial charge >= 0.3 is 6.01 Å². The summed E-state index contributed by atoms with van der Waals surface area (Å²) in [6.07, 6.45) is 13.9. The van der Waals surface area contributed by atoms with Gasteiger partial charge in [0.25, 0.3) is 0 Å². The Morgan fingerprint density at radius 2 is 1.90 bits per heavy atom. The number of aliphatic imine (C=N–C) groups is 1. The molecule has 3 aliphatic rings. The van der Waals surface area contributed by atoms with Crippen LogP contribution < -0.4 is 20.2 Å². The van der Waals surface area contributed by atoms with E-state index in [1.807, 2.05) is 39.8 Å². The van der Waals surface area contributed by atoms with Crippen molar-refractivity contribution in [2.24, 2.45) is 16.3 Å². The lowest BCUT2D eigenvalue weighted by Crippen LogP contribution is -2.50. The highest BCUT2D eigenvalue weighted by atomic mass is 19.1. The molecular formula is C42H59F2N5O3. The third kappa shape index (κ3) is 9.00. The number of piperidine rings is 1. The summed E-state index contributed by atoms with van der Waals surface area (Å²) in [5.74, 6) is 1.15. The van der Waals surface area contributed by atoms with E-state index in [1.165, 1.54) is 37.9 Å². The van der Waals surface area contributed by atoms with Crippen LogP contribution in [0.15, 0.2) is 29.3 Å². The van der Waals surface area contributed by atoms with Crippen LogP contribution in [0.4, 0.5) is 14.6 Å². The number of benzene rings is 2. The lowest BCUT2D eigenvalue weighted by atomic mass is 9.76. The van der Waals surface area contributed by atoms with E-state index in [-0.39, 0.29) is 29.3 Å². The Morgan fingerprint density at radius 1 is 1.12 bits per heavy atom. The minimum absolute atomic E-state index is 0.00189. The Bertz CT molecular complexity index is 1810. The molecule has 2 atom stereocenters. The van der Waals surface area contributed by atoms with Crippen molar-refractivity contribution in [3.63, 3.8) is 0 Å². The molecular weight excluding hydrogens is 660 g/mol. The third-order valence-electron chi connectivity index (χ3n) is 11.5. The number of nitrogens with zero attached hydrogens (tertiary/aromatic N) is 5. The number of ether oxygens (including phenoxy) is 2. The highest BCUT2D eigenvalue weighted by molar-refractivity contribution is 6.11. The molecule has 3 aromatic rings. The Kier molecular flexibility index (Phi) is 14.2. The van der Waals surface area contributed by atoms with Gasteiger partial charge in [-0.1, -0.05) is 58.1 Å². The van der Waals surface area contributed by atoms with Crippen LogP contribution in [0, 0.1) is 24.1 Å². The number of rotatable bonds is 13. The Balaban J connectivity index is 0.000000790. The van der Waals surface area contributed by atoms with Gasteiger partial charge in [-0.3, -0.25) is 4.99 Å². The van der Waals surface area contributed by atoms with Crippen molar-refractivity contribution in [2.45, 2.75) is 105 Å². The predicted octanol–water partition coefficient (Wildman–Crippen LogP) is 7.23. The molecule has 1 N–H and O–H groups in total. The number of anilines is 1. The molecule has 2 aromatic carbocycles. The van der Waals surface area contributed by atoms with Gasteiger partial charge in [-0.05, 0) is 106 Å². The minimum Gasteiger partial charge on any atom is -0.463 e. The number of aliphatic hydroxyl groups is 1. The van der Waals surface area contributed by atoms with Crippen LogP contribution in [0.5, 0.6) is 6.01 Å². The SMILES string of the molecule is CCC1CCC1.CCOCCN(CO)c1nc(OCC23CCCC2N(C)CCC3)nc(=C\F)/c1=C\N=C(C)c1cc(C)cc2ccc(F)c(CC)c12. The summed E-state index contributed by atoms with van der Waals surface area (Å²) in [7, 11) is 2.18. The maximum Gasteiger partial charge on any atom is 0.319 e. The molecule has 0 amide bonds. The maximum atomic E-state index is 14.9. The Morgan fingerprint density at radius 3 is 2.56 bits per heavy atom. The molecule has 284 valence electrons. The van der Waals surface area contributed by atoms with E-state index in [0.717, 1.165) is 66.5 Å². The molecule has 6 rings (SSSR count). The number of hydrogen-bond acceptors (Lipinski definition) is 8. The van der Waals surface area contributed by atoms with E-state index in [0.29, 0.717) is 67.5 Å². The molecule has 0 spiro atoms. The van der Waals surface area contributed by atoms with E-state index in [2.05, 4.69) is 23.9 Å². The smallest absolute Gasteiger partial charge is 0.319 e. The normalized spacial score (nSPS) is 21.6. The van der Waals surface area contributed by atoms with Gasteiger partial charge in [-0.2, -0.15) is 9.97 Å². The summed E-state index contributed by atoms with van der Waals surface area (Å²) in [5.41, 5.74) is 3.09. The lowest BCUT2D eigenvalue weighted by molar-refractivity contribution is 0.0131. The van der Waals surface area contributed by atoms with Crippen LogP contribution in [0.25, 0.3) is 23.3 Å². The van der Waals surface area contributed by atoms with E-state index in [4.69, 9.17) is 19.5 Å². The monoisotopic (exact) mass is 719 g/mol. The summed E-state index contributed by atoms with van der Waals surface area (Å²) >= 11 is 0. The molecule has 2 aliphatic carbocycles. The predicted molar refractivity (Wildman–Crippen MR) is 208 cm³/mol. The van der Waals surface area contributed by atoms with Crippen molar-refractivity contribution in [3.05, 3.63) is 57.3 Å². The standard InChI is InChI=1S/C36H47F2N5O3.C6H12/c1-6-27-30(38)12-11-26-18-24(3)19-28(33(26)27)25(4)39-21-29-31(20-37)40-35(41-34(29)43(23-44)16-17-45-7-2)46-22-36-13-8-10-32(36)42(5)15-9-14-36;1-2-6-4-3-5-6/h11-12,18-21,32,44H,6-10,13-17,22-23H2,1-5H3;6H,2-5H2,1H3/b29-21+,31-20-,39-25?;. The van der Waals surface area contributed by atoms with Gasteiger partial charge in [0, 0.05) is 42.1 Å². The van der Waals surface area contributed by atoms with Crippen molar-refractivity contribution in [1.82, 2.24) is 14.9 Å². The fourth-order valence-corrected chi connectivity index (χ4v) is 8.34. The van der Waals surface area contributed by atoms with Gasteiger partial charge in [0.1, 0.15) is 30.0 Å². The molecule has 2 heterocycles. The summed E-state index contributed by atoms with van der Waals surface area (Å²) < 4.78 is 41.4. The van der Waals surface area contributed by atoms with Gasteiger partial charge in [0.15, 0.2) is 0 Å². The van der Waals surface area contributed by atoms with Gasteiger partial charge < -0.3 is 24.4 Å². The van der Waals surface area contributed by atoms with Gasteiger partial charge in [0.05, 0.1) is 18.4 Å².